The van der Waals surface area contributed by atoms with Gasteiger partial charge in [-0.1, -0.05) is 13.8 Å². The van der Waals surface area contributed by atoms with Crippen LogP contribution < -0.4 is 10.6 Å². The molecule has 0 radical (unpaired) electrons. The second-order valence-corrected chi connectivity index (χ2v) is 4.42. The fourth-order valence-corrected chi connectivity index (χ4v) is 1.81. The number of hydrogen-bond donors (Lipinski definition) is 1. The summed E-state index contributed by atoms with van der Waals surface area (Å²) in [5.41, 5.74) is 5.88. The first-order valence-corrected chi connectivity index (χ1v) is 5.50. The molecule has 0 aliphatic carbocycles. The summed E-state index contributed by atoms with van der Waals surface area (Å²) in [7, 11) is 0. The predicted octanol–water partition coefficient (Wildman–Crippen LogP) is 1.14. The van der Waals surface area contributed by atoms with E-state index >= 15 is 0 Å². The Morgan fingerprint density at radius 3 is 2.93 bits per heavy atom. The number of aromatic nitrogens is 2. The van der Waals surface area contributed by atoms with Gasteiger partial charge in [-0.05, 0) is 12.5 Å². The van der Waals surface area contributed by atoms with Gasteiger partial charge in [0.15, 0.2) is 0 Å². The van der Waals surface area contributed by atoms with Gasteiger partial charge in [-0.15, -0.1) is 0 Å². The summed E-state index contributed by atoms with van der Waals surface area (Å²) >= 11 is 0. The summed E-state index contributed by atoms with van der Waals surface area (Å²) in [6.07, 6.45) is 2.89. The van der Waals surface area contributed by atoms with Crippen molar-refractivity contribution in [2.24, 2.45) is 5.73 Å². The van der Waals surface area contributed by atoms with E-state index in [-0.39, 0.29) is 0 Å². The molecule has 1 saturated heterocycles. The fraction of sp³-hybridized carbons (Fsp3) is 0.636. The lowest BCUT2D eigenvalue weighted by Gasteiger charge is -2.17. The number of nitrogens with two attached hydrogens (primary N) is 1. The summed E-state index contributed by atoms with van der Waals surface area (Å²) in [5.74, 6) is 2.30. The van der Waals surface area contributed by atoms with E-state index in [0.29, 0.717) is 12.0 Å². The zero-order valence-electron chi connectivity index (χ0n) is 9.35. The largest absolute Gasteiger partial charge is 0.355 e. The Kier molecular flexibility index (Phi) is 2.86. The van der Waals surface area contributed by atoms with Crippen molar-refractivity contribution in [2.75, 3.05) is 18.0 Å². The third kappa shape index (κ3) is 2.26. The van der Waals surface area contributed by atoms with Crippen LogP contribution in [0.1, 0.15) is 32.0 Å². The molecule has 0 spiro atoms. The van der Waals surface area contributed by atoms with Crippen molar-refractivity contribution in [3.8, 4) is 0 Å². The molecule has 1 aromatic heterocycles. The van der Waals surface area contributed by atoms with Gasteiger partial charge in [0.25, 0.3) is 0 Å². The first-order chi connectivity index (χ1) is 7.16. The molecule has 2 N–H and O–H groups in total. The highest BCUT2D eigenvalue weighted by molar-refractivity contribution is 5.39. The van der Waals surface area contributed by atoms with Gasteiger partial charge < -0.3 is 10.6 Å². The van der Waals surface area contributed by atoms with E-state index in [1.165, 1.54) is 0 Å². The van der Waals surface area contributed by atoms with Gasteiger partial charge in [0.2, 0.25) is 0 Å². The number of rotatable bonds is 2. The Morgan fingerprint density at radius 1 is 1.53 bits per heavy atom. The molecular weight excluding hydrogens is 188 g/mol. The highest BCUT2D eigenvalue weighted by Crippen LogP contribution is 2.18. The molecule has 4 nitrogen and oxygen atoms in total. The van der Waals surface area contributed by atoms with Crippen molar-refractivity contribution in [3.63, 3.8) is 0 Å². The molecule has 1 aliphatic heterocycles. The van der Waals surface area contributed by atoms with Crippen molar-refractivity contribution < 1.29 is 0 Å². The predicted molar refractivity (Wildman–Crippen MR) is 60.9 cm³/mol. The minimum atomic E-state index is 0.294. The molecule has 1 unspecified atom stereocenters. The third-order valence-corrected chi connectivity index (χ3v) is 2.72. The van der Waals surface area contributed by atoms with Gasteiger partial charge in [0.1, 0.15) is 11.6 Å². The van der Waals surface area contributed by atoms with Crippen LogP contribution in [0.25, 0.3) is 0 Å². The Bertz CT molecular complexity index is 337. The Labute approximate surface area is 90.5 Å². The number of anilines is 1. The Morgan fingerprint density at radius 2 is 2.33 bits per heavy atom. The van der Waals surface area contributed by atoms with Crippen LogP contribution in [0.2, 0.25) is 0 Å². The molecule has 1 fully saturated rings. The molecule has 4 heteroatoms. The van der Waals surface area contributed by atoms with Crippen LogP contribution in [0.15, 0.2) is 12.3 Å². The van der Waals surface area contributed by atoms with Gasteiger partial charge in [0, 0.05) is 31.2 Å². The van der Waals surface area contributed by atoms with Crippen LogP contribution in [-0.4, -0.2) is 29.1 Å². The van der Waals surface area contributed by atoms with E-state index in [0.717, 1.165) is 31.2 Å². The minimum Gasteiger partial charge on any atom is -0.355 e. The SMILES string of the molecule is CC(C)c1nccc(N2CCC(N)C2)n1. The van der Waals surface area contributed by atoms with E-state index in [4.69, 9.17) is 5.73 Å². The molecule has 82 valence electrons. The van der Waals surface area contributed by atoms with Gasteiger partial charge in [-0.25, -0.2) is 9.97 Å². The fourth-order valence-electron chi connectivity index (χ4n) is 1.81. The lowest BCUT2D eigenvalue weighted by atomic mass is 10.2. The molecule has 1 aromatic rings. The van der Waals surface area contributed by atoms with Crippen LogP contribution in [0, 0.1) is 0 Å². The molecule has 0 bridgehead atoms. The third-order valence-electron chi connectivity index (χ3n) is 2.72. The molecule has 15 heavy (non-hydrogen) atoms. The van der Waals surface area contributed by atoms with Crippen LogP contribution in [0.4, 0.5) is 5.82 Å². The topological polar surface area (TPSA) is 55.0 Å². The van der Waals surface area contributed by atoms with Crippen molar-refractivity contribution in [1.29, 1.82) is 0 Å². The van der Waals surface area contributed by atoms with Crippen LogP contribution in [0.3, 0.4) is 0 Å². The number of hydrogen-bond acceptors (Lipinski definition) is 4. The quantitative estimate of drug-likeness (QED) is 0.788. The zero-order chi connectivity index (χ0) is 10.8. The van der Waals surface area contributed by atoms with Gasteiger partial charge in [0.05, 0.1) is 0 Å². The molecule has 0 saturated carbocycles. The lowest BCUT2D eigenvalue weighted by Crippen LogP contribution is -2.27. The van der Waals surface area contributed by atoms with E-state index in [2.05, 4.69) is 28.7 Å². The van der Waals surface area contributed by atoms with E-state index in [1.807, 2.05) is 12.3 Å². The van der Waals surface area contributed by atoms with Gasteiger partial charge in [-0.3, -0.25) is 0 Å². The molecule has 1 atom stereocenters. The van der Waals surface area contributed by atoms with E-state index < -0.39 is 0 Å². The van der Waals surface area contributed by atoms with E-state index in [1.54, 1.807) is 0 Å². The number of nitrogens with zero attached hydrogens (tertiary/aromatic N) is 3. The van der Waals surface area contributed by atoms with Crippen LogP contribution in [0.5, 0.6) is 0 Å². The van der Waals surface area contributed by atoms with Crippen LogP contribution >= 0.6 is 0 Å². The van der Waals surface area contributed by atoms with Gasteiger partial charge >= 0.3 is 0 Å². The highest BCUT2D eigenvalue weighted by Gasteiger charge is 2.20. The maximum Gasteiger partial charge on any atom is 0.133 e. The molecule has 2 rings (SSSR count). The normalized spacial score (nSPS) is 21.3. The van der Waals surface area contributed by atoms with Crippen molar-refractivity contribution in [2.45, 2.75) is 32.2 Å². The second-order valence-electron chi connectivity index (χ2n) is 4.42. The summed E-state index contributed by atoms with van der Waals surface area (Å²) in [6.45, 7) is 6.13. The average molecular weight is 206 g/mol. The summed E-state index contributed by atoms with van der Waals surface area (Å²) < 4.78 is 0. The van der Waals surface area contributed by atoms with Crippen molar-refractivity contribution in [3.05, 3.63) is 18.1 Å². The molecule has 0 amide bonds. The molecular formula is C11H18N4. The summed E-state index contributed by atoms with van der Waals surface area (Å²) in [5, 5.41) is 0. The standard InChI is InChI=1S/C11H18N4/c1-8(2)11-13-5-3-10(14-11)15-6-4-9(12)7-15/h3,5,8-9H,4,6-7,12H2,1-2H3. The van der Waals surface area contributed by atoms with E-state index in [9.17, 15) is 0 Å². The maximum atomic E-state index is 5.88. The molecule has 0 aromatic carbocycles. The van der Waals surface area contributed by atoms with Crippen molar-refractivity contribution in [1.82, 2.24) is 9.97 Å². The lowest BCUT2D eigenvalue weighted by molar-refractivity contribution is 0.746. The minimum absolute atomic E-state index is 0.294. The average Bonchev–Trinajstić information content (AvgIpc) is 2.65. The van der Waals surface area contributed by atoms with Crippen molar-refractivity contribution >= 4 is 5.82 Å². The first-order valence-electron chi connectivity index (χ1n) is 5.50. The molecule has 2 heterocycles. The second kappa shape index (κ2) is 4.14. The summed E-state index contributed by atoms with van der Waals surface area (Å²) in [6, 6.07) is 2.26. The zero-order valence-corrected chi connectivity index (χ0v) is 9.35. The monoisotopic (exact) mass is 206 g/mol. The Hall–Kier alpha value is -1.16. The Balaban J connectivity index is 2.18. The first kappa shape index (κ1) is 10.4. The smallest absolute Gasteiger partial charge is 0.133 e. The highest BCUT2D eigenvalue weighted by atomic mass is 15.2. The van der Waals surface area contributed by atoms with Gasteiger partial charge in [-0.2, -0.15) is 0 Å². The maximum absolute atomic E-state index is 5.88. The molecule has 1 aliphatic rings. The van der Waals surface area contributed by atoms with Crippen LogP contribution in [-0.2, 0) is 0 Å². The summed E-state index contributed by atoms with van der Waals surface area (Å²) in [4.78, 5) is 11.0.